The summed E-state index contributed by atoms with van der Waals surface area (Å²) in [4.78, 5) is 25.9. The molecule has 2 aromatic carbocycles. The summed E-state index contributed by atoms with van der Waals surface area (Å²) in [5.41, 5.74) is 1.61. The van der Waals surface area contributed by atoms with Crippen LogP contribution in [0.2, 0.25) is 0 Å². The first-order chi connectivity index (χ1) is 14.2. The van der Waals surface area contributed by atoms with Gasteiger partial charge in [0, 0.05) is 6.54 Å². The predicted octanol–water partition coefficient (Wildman–Crippen LogP) is 4.19. The standard InChI is InChI=1S/C23H27NO6/c1-23(2,3)30-22(27)24-11-10-16-12-19(29-14-15-8-6-5-7-9-15)18(28-4)13-17(16)20(24)21(25)26/h5-9,12-13,20H,10-11,14H2,1-4H3,(H,25,26). The van der Waals surface area contributed by atoms with Crippen LogP contribution in [-0.4, -0.2) is 41.3 Å². The summed E-state index contributed by atoms with van der Waals surface area (Å²) in [6.07, 6.45) is -0.159. The van der Waals surface area contributed by atoms with Gasteiger partial charge in [0.05, 0.1) is 7.11 Å². The molecule has 160 valence electrons. The minimum absolute atomic E-state index is 0.239. The van der Waals surface area contributed by atoms with Crippen LogP contribution in [0.1, 0.15) is 43.5 Å². The highest BCUT2D eigenvalue weighted by atomic mass is 16.6. The van der Waals surface area contributed by atoms with Crippen LogP contribution in [0.25, 0.3) is 0 Å². The number of amides is 1. The van der Waals surface area contributed by atoms with Crippen molar-refractivity contribution in [3.05, 3.63) is 59.2 Å². The van der Waals surface area contributed by atoms with E-state index in [0.717, 1.165) is 11.1 Å². The number of carbonyl (C=O) groups is 2. The summed E-state index contributed by atoms with van der Waals surface area (Å²) in [5, 5.41) is 9.87. The van der Waals surface area contributed by atoms with Gasteiger partial charge in [-0.2, -0.15) is 0 Å². The Morgan fingerprint density at radius 3 is 2.43 bits per heavy atom. The van der Waals surface area contributed by atoms with E-state index in [9.17, 15) is 14.7 Å². The van der Waals surface area contributed by atoms with Crippen LogP contribution in [0.3, 0.4) is 0 Å². The summed E-state index contributed by atoms with van der Waals surface area (Å²) < 4.78 is 16.8. The summed E-state index contributed by atoms with van der Waals surface area (Å²) >= 11 is 0. The van der Waals surface area contributed by atoms with Crippen LogP contribution in [0, 0.1) is 0 Å². The number of hydrogen-bond donors (Lipinski definition) is 1. The van der Waals surface area contributed by atoms with Crippen molar-refractivity contribution in [2.45, 2.75) is 45.4 Å². The van der Waals surface area contributed by atoms with E-state index in [0.29, 0.717) is 30.1 Å². The average Bonchev–Trinajstić information content (AvgIpc) is 2.69. The van der Waals surface area contributed by atoms with Gasteiger partial charge in [-0.1, -0.05) is 30.3 Å². The lowest BCUT2D eigenvalue weighted by Gasteiger charge is -2.36. The fraction of sp³-hybridized carbons (Fsp3) is 0.391. The van der Waals surface area contributed by atoms with Gasteiger partial charge in [0.25, 0.3) is 0 Å². The Hall–Kier alpha value is -3.22. The first-order valence-corrected chi connectivity index (χ1v) is 9.79. The van der Waals surface area contributed by atoms with E-state index in [1.807, 2.05) is 30.3 Å². The highest BCUT2D eigenvalue weighted by Gasteiger charge is 2.39. The Kier molecular flexibility index (Phi) is 6.20. The van der Waals surface area contributed by atoms with Gasteiger partial charge in [-0.05, 0) is 56.0 Å². The van der Waals surface area contributed by atoms with Crippen LogP contribution in [0.4, 0.5) is 4.79 Å². The minimum Gasteiger partial charge on any atom is -0.493 e. The molecule has 30 heavy (non-hydrogen) atoms. The van der Waals surface area contributed by atoms with Crippen LogP contribution in [0.15, 0.2) is 42.5 Å². The van der Waals surface area contributed by atoms with Crippen molar-refractivity contribution in [3.63, 3.8) is 0 Å². The molecule has 7 heteroatoms. The molecule has 2 aromatic rings. The minimum atomic E-state index is -1.15. The number of methoxy groups -OCH3 is 1. The number of rotatable bonds is 5. The molecule has 1 heterocycles. The SMILES string of the molecule is COc1cc2c(cc1OCc1ccccc1)CCN(C(=O)OC(C)(C)C)C2C(=O)O. The van der Waals surface area contributed by atoms with Gasteiger partial charge in [0.2, 0.25) is 0 Å². The second-order valence-electron chi connectivity index (χ2n) is 8.14. The fourth-order valence-electron chi connectivity index (χ4n) is 3.42. The van der Waals surface area contributed by atoms with Crippen molar-refractivity contribution in [1.29, 1.82) is 0 Å². The Balaban J connectivity index is 1.90. The van der Waals surface area contributed by atoms with Crippen LogP contribution in [0.5, 0.6) is 11.5 Å². The highest BCUT2D eigenvalue weighted by molar-refractivity contribution is 5.83. The van der Waals surface area contributed by atoms with Gasteiger partial charge in [0.15, 0.2) is 17.5 Å². The van der Waals surface area contributed by atoms with Gasteiger partial charge in [-0.25, -0.2) is 9.59 Å². The molecule has 7 nitrogen and oxygen atoms in total. The molecule has 0 fully saturated rings. The smallest absolute Gasteiger partial charge is 0.411 e. The van der Waals surface area contributed by atoms with Crippen molar-refractivity contribution in [2.75, 3.05) is 13.7 Å². The van der Waals surface area contributed by atoms with Crippen LogP contribution >= 0.6 is 0 Å². The molecule has 0 aliphatic carbocycles. The third-order valence-electron chi connectivity index (χ3n) is 4.75. The molecule has 0 radical (unpaired) electrons. The molecule has 1 unspecified atom stereocenters. The number of hydrogen-bond acceptors (Lipinski definition) is 5. The molecule has 1 aliphatic rings. The zero-order valence-corrected chi connectivity index (χ0v) is 17.7. The predicted molar refractivity (Wildman–Crippen MR) is 111 cm³/mol. The lowest BCUT2D eigenvalue weighted by atomic mass is 9.92. The number of nitrogens with zero attached hydrogens (tertiary/aromatic N) is 1. The largest absolute Gasteiger partial charge is 0.493 e. The Morgan fingerprint density at radius 1 is 1.13 bits per heavy atom. The molecule has 3 rings (SSSR count). The quantitative estimate of drug-likeness (QED) is 0.791. The maximum atomic E-state index is 12.6. The first-order valence-electron chi connectivity index (χ1n) is 9.79. The van der Waals surface area contributed by atoms with E-state index < -0.39 is 23.7 Å². The van der Waals surface area contributed by atoms with E-state index >= 15 is 0 Å². The zero-order chi connectivity index (χ0) is 21.9. The van der Waals surface area contributed by atoms with E-state index in [2.05, 4.69) is 0 Å². The normalized spacial score (nSPS) is 15.9. The third-order valence-corrected chi connectivity index (χ3v) is 4.75. The molecular weight excluding hydrogens is 386 g/mol. The van der Waals surface area contributed by atoms with Gasteiger partial charge >= 0.3 is 12.1 Å². The summed E-state index contributed by atoms with van der Waals surface area (Å²) in [7, 11) is 1.50. The Bertz CT molecular complexity index is 919. The molecule has 0 saturated heterocycles. The van der Waals surface area contributed by atoms with Gasteiger partial charge in [-0.15, -0.1) is 0 Å². The van der Waals surface area contributed by atoms with Crippen molar-refractivity contribution >= 4 is 12.1 Å². The molecule has 0 bridgehead atoms. The molecule has 0 aromatic heterocycles. The molecule has 1 amide bonds. The van der Waals surface area contributed by atoms with Gasteiger partial charge in [-0.3, -0.25) is 4.90 Å². The second-order valence-corrected chi connectivity index (χ2v) is 8.14. The van der Waals surface area contributed by atoms with Crippen LogP contribution in [-0.2, 0) is 22.6 Å². The number of benzene rings is 2. The maximum Gasteiger partial charge on any atom is 0.411 e. The number of fused-ring (bicyclic) bond motifs is 1. The van der Waals surface area contributed by atoms with E-state index in [4.69, 9.17) is 14.2 Å². The lowest BCUT2D eigenvalue weighted by molar-refractivity contribution is -0.143. The monoisotopic (exact) mass is 413 g/mol. The van der Waals surface area contributed by atoms with E-state index in [1.165, 1.54) is 12.0 Å². The molecule has 1 aliphatic heterocycles. The van der Waals surface area contributed by atoms with E-state index in [-0.39, 0.29) is 6.54 Å². The summed E-state index contributed by atoms with van der Waals surface area (Å²) in [6, 6.07) is 12.0. The zero-order valence-electron chi connectivity index (χ0n) is 17.7. The molecule has 0 spiro atoms. The number of aliphatic carboxylic acids is 1. The lowest BCUT2D eigenvalue weighted by Crippen LogP contribution is -2.45. The second kappa shape index (κ2) is 8.65. The highest BCUT2D eigenvalue weighted by Crippen LogP contribution is 2.39. The molecule has 1 atom stereocenters. The number of ether oxygens (including phenoxy) is 3. The fourth-order valence-corrected chi connectivity index (χ4v) is 3.42. The van der Waals surface area contributed by atoms with Gasteiger partial charge < -0.3 is 19.3 Å². The van der Waals surface area contributed by atoms with Crippen molar-refractivity contribution < 1.29 is 28.9 Å². The number of carboxylic acid groups (broad SMARTS) is 1. The maximum absolute atomic E-state index is 12.6. The topological polar surface area (TPSA) is 85.3 Å². The number of carboxylic acids is 1. The summed E-state index contributed by atoms with van der Waals surface area (Å²) in [5.74, 6) is -0.168. The Morgan fingerprint density at radius 2 is 1.83 bits per heavy atom. The van der Waals surface area contributed by atoms with Crippen molar-refractivity contribution in [1.82, 2.24) is 4.90 Å². The molecule has 0 saturated carbocycles. The molecular formula is C23H27NO6. The van der Waals surface area contributed by atoms with Crippen LogP contribution < -0.4 is 9.47 Å². The number of carbonyl (C=O) groups excluding carboxylic acids is 1. The third kappa shape index (κ3) is 4.84. The summed E-state index contributed by atoms with van der Waals surface area (Å²) in [6.45, 7) is 5.85. The first kappa shape index (κ1) is 21.5. The van der Waals surface area contributed by atoms with Crippen molar-refractivity contribution in [2.24, 2.45) is 0 Å². The van der Waals surface area contributed by atoms with Crippen molar-refractivity contribution in [3.8, 4) is 11.5 Å². The van der Waals surface area contributed by atoms with E-state index in [1.54, 1.807) is 32.9 Å². The van der Waals surface area contributed by atoms with Gasteiger partial charge in [0.1, 0.15) is 12.2 Å². The molecule has 1 N–H and O–H groups in total. The average molecular weight is 413 g/mol. The Labute approximate surface area is 176 Å².